The zero-order valence-corrected chi connectivity index (χ0v) is 18.6. The third kappa shape index (κ3) is 6.01. The monoisotopic (exact) mass is 535 g/mol. The number of ether oxygens (including phenoxy) is 2. The van der Waals surface area contributed by atoms with Crippen LogP contribution in [-0.4, -0.2) is 7.11 Å². The summed E-state index contributed by atoms with van der Waals surface area (Å²) in [7, 11) is 1.52. The number of nitriles is 1. The molecule has 0 heterocycles. The molecule has 7 heteroatoms. The predicted molar refractivity (Wildman–Crippen MR) is 121 cm³/mol. The first kappa shape index (κ1) is 22.7. The molecular formula is C24H17F3INO2. The smallest absolute Gasteiger partial charge is 0.416 e. The second kappa shape index (κ2) is 9.88. The SMILES string of the molecule is COc1cc(/C=C(/C#N)c2ccc(C(F)(F)F)cc2)ccc1OCc1ccc(I)cc1. The van der Waals surface area contributed by atoms with Gasteiger partial charge in [0.15, 0.2) is 11.5 Å². The third-order valence-electron chi connectivity index (χ3n) is 4.45. The van der Waals surface area contributed by atoms with Gasteiger partial charge in [-0.25, -0.2) is 0 Å². The molecule has 0 aliphatic rings. The van der Waals surface area contributed by atoms with Gasteiger partial charge in [0.2, 0.25) is 0 Å². The molecule has 3 rings (SSSR count). The summed E-state index contributed by atoms with van der Waals surface area (Å²) in [4.78, 5) is 0. The van der Waals surface area contributed by atoms with Crippen LogP contribution in [0.2, 0.25) is 0 Å². The van der Waals surface area contributed by atoms with Gasteiger partial charge in [-0.2, -0.15) is 18.4 Å². The molecule has 0 saturated carbocycles. The van der Waals surface area contributed by atoms with E-state index in [4.69, 9.17) is 9.47 Å². The maximum absolute atomic E-state index is 12.8. The summed E-state index contributed by atoms with van der Waals surface area (Å²) in [6.07, 6.45) is -2.83. The minimum Gasteiger partial charge on any atom is -0.493 e. The molecule has 0 unspecified atom stereocenters. The van der Waals surface area contributed by atoms with Crippen molar-refractivity contribution in [3.8, 4) is 17.6 Å². The van der Waals surface area contributed by atoms with Crippen molar-refractivity contribution in [2.45, 2.75) is 12.8 Å². The summed E-state index contributed by atoms with van der Waals surface area (Å²) in [5.74, 6) is 1.04. The van der Waals surface area contributed by atoms with Gasteiger partial charge >= 0.3 is 6.18 Å². The van der Waals surface area contributed by atoms with Crippen molar-refractivity contribution in [3.05, 3.63) is 92.6 Å². The van der Waals surface area contributed by atoms with E-state index in [0.29, 0.717) is 29.2 Å². The summed E-state index contributed by atoms with van der Waals surface area (Å²) in [6, 6.07) is 19.7. The summed E-state index contributed by atoms with van der Waals surface area (Å²) < 4.78 is 50.7. The number of methoxy groups -OCH3 is 1. The van der Waals surface area contributed by atoms with Crippen LogP contribution in [0.3, 0.4) is 0 Å². The largest absolute Gasteiger partial charge is 0.493 e. The number of benzene rings is 3. The summed E-state index contributed by atoms with van der Waals surface area (Å²) >= 11 is 2.23. The van der Waals surface area contributed by atoms with Crippen LogP contribution in [0.4, 0.5) is 13.2 Å². The molecule has 0 saturated heterocycles. The molecule has 3 nitrogen and oxygen atoms in total. The van der Waals surface area contributed by atoms with Crippen molar-refractivity contribution in [3.63, 3.8) is 0 Å². The van der Waals surface area contributed by atoms with Gasteiger partial charge < -0.3 is 9.47 Å². The summed E-state index contributed by atoms with van der Waals surface area (Å²) in [5.41, 5.74) is 1.55. The normalized spacial score (nSPS) is 11.7. The Bertz CT molecular complexity index is 1120. The van der Waals surface area contributed by atoms with Gasteiger partial charge in [-0.3, -0.25) is 0 Å². The molecule has 0 aliphatic heterocycles. The van der Waals surface area contributed by atoms with Crippen molar-refractivity contribution in [1.82, 2.24) is 0 Å². The van der Waals surface area contributed by atoms with Gasteiger partial charge in [0.25, 0.3) is 0 Å². The second-order valence-corrected chi connectivity index (χ2v) is 7.82. The van der Waals surface area contributed by atoms with Gasteiger partial charge in [-0.05, 0) is 81.8 Å². The molecule has 0 bridgehead atoms. The Morgan fingerprint density at radius 3 is 2.26 bits per heavy atom. The number of rotatable bonds is 6. The molecule has 3 aromatic rings. The Hall–Kier alpha value is -2.99. The van der Waals surface area contributed by atoms with Gasteiger partial charge in [0.05, 0.1) is 24.3 Å². The topological polar surface area (TPSA) is 42.2 Å². The Morgan fingerprint density at radius 2 is 1.68 bits per heavy atom. The molecule has 3 aromatic carbocycles. The molecule has 0 fully saturated rings. The van der Waals surface area contributed by atoms with E-state index in [1.165, 1.54) is 19.2 Å². The van der Waals surface area contributed by atoms with E-state index in [1.807, 2.05) is 30.3 Å². The van der Waals surface area contributed by atoms with E-state index in [9.17, 15) is 18.4 Å². The molecule has 0 atom stereocenters. The van der Waals surface area contributed by atoms with E-state index in [1.54, 1.807) is 24.3 Å². The van der Waals surface area contributed by atoms with Gasteiger partial charge in [-0.15, -0.1) is 0 Å². The Balaban J connectivity index is 1.80. The molecule has 0 radical (unpaired) electrons. The fourth-order valence-electron chi connectivity index (χ4n) is 2.82. The number of alkyl halides is 3. The molecule has 158 valence electrons. The van der Waals surface area contributed by atoms with E-state index in [0.717, 1.165) is 21.3 Å². The van der Waals surface area contributed by atoms with Crippen molar-refractivity contribution in [2.24, 2.45) is 0 Å². The first-order valence-corrected chi connectivity index (χ1v) is 10.2. The van der Waals surface area contributed by atoms with Crippen LogP contribution >= 0.6 is 22.6 Å². The van der Waals surface area contributed by atoms with Crippen LogP contribution in [0, 0.1) is 14.9 Å². The van der Waals surface area contributed by atoms with Crippen molar-refractivity contribution >= 4 is 34.2 Å². The van der Waals surface area contributed by atoms with Crippen LogP contribution in [0.15, 0.2) is 66.7 Å². The van der Waals surface area contributed by atoms with Crippen LogP contribution in [0.25, 0.3) is 11.6 Å². The number of hydrogen-bond donors (Lipinski definition) is 0. The molecule has 0 aliphatic carbocycles. The molecular weight excluding hydrogens is 518 g/mol. The Kier molecular flexibility index (Phi) is 7.23. The minimum atomic E-state index is -4.42. The van der Waals surface area contributed by atoms with E-state index < -0.39 is 11.7 Å². The maximum atomic E-state index is 12.8. The van der Waals surface area contributed by atoms with Gasteiger partial charge in [0.1, 0.15) is 6.61 Å². The van der Waals surface area contributed by atoms with Gasteiger partial charge in [0, 0.05) is 3.57 Å². The lowest BCUT2D eigenvalue weighted by molar-refractivity contribution is -0.137. The summed E-state index contributed by atoms with van der Waals surface area (Å²) in [6.45, 7) is 0.372. The van der Waals surface area contributed by atoms with E-state index in [2.05, 4.69) is 22.6 Å². The Labute approximate surface area is 191 Å². The zero-order chi connectivity index (χ0) is 22.4. The van der Waals surface area contributed by atoms with Gasteiger partial charge in [-0.1, -0.05) is 30.3 Å². The van der Waals surface area contributed by atoms with Crippen LogP contribution in [-0.2, 0) is 12.8 Å². The van der Waals surface area contributed by atoms with E-state index >= 15 is 0 Å². The predicted octanol–water partition coefficient (Wildman–Crippen LogP) is 6.96. The average molecular weight is 535 g/mol. The number of hydrogen-bond acceptors (Lipinski definition) is 3. The van der Waals surface area contributed by atoms with Crippen molar-refractivity contribution in [1.29, 1.82) is 5.26 Å². The highest BCUT2D eigenvalue weighted by molar-refractivity contribution is 14.1. The molecule has 0 amide bonds. The van der Waals surface area contributed by atoms with Crippen LogP contribution < -0.4 is 9.47 Å². The van der Waals surface area contributed by atoms with Crippen LogP contribution in [0.5, 0.6) is 11.5 Å². The third-order valence-corrected chi connectivity index (χ3v) is 5.17. The number of allylic oxidation sites excluding steroid dienone is 1. The molecule has 0 N–H and O–H groups in total. The second-order valence-electron chi connectivity index (χ2n) is 6.57. The highest BCUT2D eigenvalue weighted by Gasteiger charge is 2.30. The van der Waals surface area contributed by atoms with Crippen molar-refractivity contribution in [2.75, 3.05) is 7.11 Å². The Morgan fingerprint density at radius 1 is 1.00 bits per heavy atom. The van der Waals surface area contributed by atoms with Crippen LogP contribution in [0.1, 0.15) is 22.3 Å². The number of nitrogens with zero attached hydrogens (tertiary/aromatic N) is 1. The van der Waals surface area contributed by atoms with Crippen molar-refractivity contribution < 1.29 is 22.6 Å². The lowest BCUT2D eigenvalue weighted by atomic mass is 10.0. The standard InChI is InChI=1S/C24H17F3INO2/c1-30-23-13-17(4-11-22(23)31-15-16-2-9-21(28)10-3-16)12-19(14-29)18-5-7-20(8-6-18)24(25,26)27/h2-13H,15H2,1H3/b19-12-. The maximum Gasteiger partial charge on any atom is 0.416 e. The quantitative estimate of drug-likeness (QED) is 0.195. The lowest BCUT2D eigenvalue weighted by Crippen LogP contribution is -2.04. The summed E-state index contributed by atoms with van der Waals surface area (Å²) in [5, 5.41) is 9.48. The average Bonchev–Trinajstić information content (AvgIpc) is 2.77. The molecule has 0 spiro atoms. The first-order chi connectivity index (χ1) is 14.8. The molecule has 0 aromatic heterocycles. The van der Waals surface area contributed by atoms with E-state index in [-0.39, 0.29) is 5.57 Å². The fraction of sp³-hybridized carbons (Fsp3) is 0.125. The lowest BCUT2D eigenvalue weighted by Gasteiger charge is -2.12. The molecule has 31 heavy (non-hydrogen) atoms. The zero-order valence-electron chi connectivity index (χ0n) is 16.4. The number of halogens is 4. The highest BCUT2D eigenvalue weighted by atomic mass is 127. The highest BCUT2D eigenvalue weighted by Crippen LogP contribution is 2.32. The first-order valence-electron chi connectivity index (χ1n) is 9.15. The fourth-order valence-corrected chi connectivity index (χ4v) is 3.18. The minimum absolute atomic E-state index is 0.239.